The van der Waals surface area contributed by atoms with Crippen LogP contribution in [0.15, 0.2) is 76.7 Å². The molecule has 0 saturated heterocycles. The Morgan fingerprint density at radius 1 is 1.05 bits per heavy atom. The zero-order valence-corrected chi connectivity index (χ0v) is 23.1. The number of benzene rings is 3. The van der Waals surface area contributed by atoms with E-state index in [0.717, 1.165) is 29.3 Å². The molecule has 3 aromatic rings. The van der Waals surface area contributed by atoms with Crippen molar-refractivity contribution in [3.63, 3.8) is 0 Å². The summed E-state index contributed by atoms with van der Waals surface area (Å²) < 4.78 is 44.3. The molecule has 0 aliphatic carbocycles. The summed E-state index contributed by atoms with van der Waals surface area (Å²) in [7, 11) is -1.88. The van der Waals surface area contributed by atoms with Gasteiger partial charge in [0.25, 0.3) is 21.6 Å². The van der Waals surface area contributed by atoms with Crippen LogP contribution in [-0.2, 0) is 14.8 Å². The fourth-order valence-electron chi connectivity index (χ4n) is 3.56. The average molecular weight is 571 g/mol. The van der Waals surface area contributed by atoms with Gasteiger partial charge in [0, 0.05) is 12.1 Å². The van der Waals surface area contributed by atoms with Gasteiger partial charge in [-0.1, -0.05) is 25.5 Å². The van der Waals surface area contributed by atoms with Gasteiger partial charge < -0.3 is 14.2 Å². The number of methoxy groups -OCH3 is 2. The second-order valence-corrected chi connectivity index (χ2v) is 10.2. The highest BCUT2D eigenvalue weighted by atomic mass is 32.2. The van der Waals surface area contributed by atoms with Crippen LogP contribution in [0.4, 0.5) is 11.4 Å². The average Bonchev–Trinajstić information content (AvgIpc) is 2.96. The first-order valence-electron chi connectivity index (χ1n) is 12.2. The largest absolute Gasteiger partial charge is 0.497 e. The van der Waals surface area contributed by atoms with Crippen LogP contribution >= 0.6 is 0 Å². The van der Waals surface area contributed by atoms with Crippen molar-refractivity contribution >= 4 is 33.5 Å². The summed E-state index contributed by atoms with van der Waals surface area (Å²) in [6.07, 6.45) is 3.36. The topological polar surface area (TPSA) is 150 Å². The van der Waals surface area contributed by atoms with Crippen LogP contribution < -0.4 is 23.9 Å². The van der Waals surface area contributed by atoms with Gasteiger partial charge in [0.15, 0.2) is 4.90 Å². The predicted octanol–water partition coefficient (Wildman–Crippen LogP) is 4.14. The molecule has 0 unspecified atom stereocenters. The molecule has 0 aromatic heterocycles. The number of hydrazone groups is 1. The predicted molar refractivity (Wildman–Crippen MR) is 150 cm³/mol. The third kappa shape index (κ3) is 7.47. The number of ether oxygens (including phenoxy) is 3. The number of rotatable bonds is 14. The van der Waals surface area contributed by atoms with E-state index in [1.165, 1.54) is 50.8 Å². The Bertz CT molecular complexity index is 1460. The van der Waals surface area contributed by atoms with Gasteiger partial charge in [-0.25, -0.2) is 13.8 Å². The lowest BCUT2D eigenvalue weighted by Crippen LogP contribution is -2.40. The third-order valence-corrected chi connectivity index (χ3v) is 7.43. The highest BCUT2D eigenvalue weighted by Gasteiger charge is 2.34. The smallest absolute Gasteiger partial charge is 0.289 e. The highest BCUT2D eigenvalue weighted by Crippen LogP contribution is 2.37. The summed E-state index contributed by atoms with van der Waals surface area (Å²) >= 11 is 0. The monoisotopic (exact) mass is 570 g/mol. The number of unbranched alkanes of at least 4 members (excludes halogenated alkanes) is 1. The van der Waals surface area contributed by atoms with Gasteiger partial charge in [0.1, 0.15) is 23.8 Å². The fourth-order valence-corrected chi connectivity index (χ4v) is 5.16. The summed E-state index contributed by atoms with van der Waals surface area (Å²) in [6, 6.07) is 16.2. The summed E-state index contributed by atoms with van der Waals surface area (Å²) in [5.74, 6) is 0.355. The minimum absolute atomic E-state index is 0.0285. The molecule has 1 N–H and O–H groups in total. The van der Waals surface area contributed by atoms with Gasteiger partial charge in [-0.05, 0) is 54.4 Å². The SMILES string of the molecule is CCCCOc1ccc(C=NNC(=O)CN(c2ccc(OC)cc2OC)S(=O)(=O)c2ccccc2[N+](=O)[O-])cc1. The van der Waals surface area contributed by atoms with Crippen molar-refractivity contribution in [3.05, 3.63) is 82.4 Å². The molecule has 12 nitrogen and oxygen atoms in total. The molecule has 3 aromatic carbocycles. The van der Waals surface area contributed by atoms with Crippen LogP contribution in [0, 0.1) is 10.1 Å². The lowest BCUT2D eigenvalue weighted by atomic mass is 10.2. The molecule has 0 radical (unpaired) electrons. The van der Waals surface area contributed by atoms with Gasteiger partial charge in [0.2, 0.25) is 0 Å². The molecule has 0 heterocycles. The molecular weight excluding hydrogens is 540 g/mol. The van der Waals surface area contributed by atoms with Crippen molar-refractivity contribution in [1.82, 2.24) is 5.43 Å². The molecule has 40 heavy (non-hydrogen) atoms. The van der Waals surface area contributed by atoms with Gasteiger partial charge in [-0.15, -0.1) is 0 Å². The molecule has 0 fully saturated rings. The number of nitrogens with one attached hydrogen (secondary N) is 1. The van der Waals surface area contributed by atoms with E-state index in [2.05, 4.69) is 17.5 Å². The highest BCUT2D eigenvalue weighted by molar-refractivity contribution is 7.93. The quantitative estimate of drug-likeness (QED) is 0.132. The maximum Gasteiger partial charge on any atom is 0.289 e. The zero-order chi connectivity index (χ0) is 29.1. The fraction of sp³-hybridized carbons (Fsp3) is 0.259. The number of amides is 1. The molecule has 3 rings (SSSR count). The summed E-state index contributed by atoms with van der Waals surface area (Å²) in [6.45, 7) is 1.94. The van der Waals surface area contributed by atoms with Gasteiger partial charge >= 0.3 is 0 Å². The summed E-state index contributed by atoms with van der Waals surface area (Å²) in [5, 5.41) is 15.5. The van der Waals surface area contributed by atoms with E-state index in [1.807, 2.05) is 0 Å². The zero-order valence-electron chi connectivity index (χ0n) is 22.3. The molecule has 13 heteroatoms. The van der Waals surface area contributed by atoms with E-state index < -0.39 is 38.0 Å². The molecule has 0 spiro atoms. The Labute approximate surface area is 232 Å². The van der Waals surface area contributed by atoms with Crippen molar-refractivity contribution < 1.29 is 32.3 Å². The first kappa shape index (κ1) is 29.9. The lowest BCUT2D eigenvalue weighted by molar-refractivity contribution is -0.387. The molecule has 0 bridgehead atoms. The molecule has 0 aliphatic heterocycles. The molecule has 0 aliphatic rings. The summed E-state index contributed by atoms with van der Waals surface area (Å²) in [5.41, 5.74) is 2.31. The normalized spacial score (nSPS) is 11.2. The van der Waals surface area contributed by atoms with E-state index in [9.17, 15) is 23.3 Å². The van der Waals surface area contributed by atoms with E-state index in [0.29, 0.717) is 23.7 Å². The Hall–Kier alpha value is -4.65. The van der Waals surface area contributed by atoms with Crippen LogP contribution in [0.2, 0.25) is 0 Å². The van der Waals surface area contributed by atoms with E-state index >= 15 is 0 Å². The van der Waals surface area contributed by atoms with Crippen LogP contribution in [0.1, 0.15) is 25.3 Å². The number of nitro groups is 1. The van der Waals surface area contributed by atoms with E-state index in [1.54, 1.807) is 24.3 Å². The number of nitrogens with zero attached hydrogens (tertiary/aromatic N) is 3. The molecular formula is C27H30N4O8S. The number of hydrogen-bond donors (Lipinski definition) is 1. The number of hydrogen-bond acceptors (Lipinski definition) is 9. The minimum Gasteiger partial charge on any atom is -0.497 e. The second-order valence-electron chi connectivity index (χ2n) is 8.34. The third-order valence-electron chi connectivity index (χ3n) is 5.62. The first-order valence-corrected chi connectivity index (χ1v) is 13.7. The lowest BCUT2D eigenvalue weighted by Gasteiger charge is -2.25. The Morgan fingerprint density at radius 3 is 2.40 bits per heavy atom. The van der Waals surface area contributed by atoms with Gasteiger partial charge in [0.05, 0.1) is 37.7 Å². The Morgan fingerprint density at radius 2 is 1.75 bits per heavy atom. The van der Waals surface area contributed by atoms with E-state index in [4.69, 9.17) is 14.2 Å². The maximum atomic E-state index is 13.7. The number of para-hydroxylation sites is 1. The van der Waals surface area contributed by atoms with Crippen LogP contribution in [0.25, 0.3) is 0 Å². The molecule has 0 saturated carbocycles. The van der Waals surface area contributed by atoms with Crippen molar-refractivity contribution in [1.29, 1.82) is 0 Å². The second kappa shape index (κ2) is 13.9. The van der Waals surface area contributed by atoms with Gasteiger partial charge in [-0.2, -0.15) is 5.10 Å². The Balaban J connectivity index is 1.88. The van der Waals surface area contributed by atoms with Crippen molar-refractivity contribution in [2.45, 2.75) is 24.7 Å². The molecule has 1 amide bonds. The number of sulfonamides is 1. The molecule has 212 valence electrons. The van der Waals surface area contributed by atoms with Crippen molar-refractivity contribution in [2.24, 2.45) is 5.10 Å². The maximum absolute atomic E-state index is 13.7. The van der Waals surface area contributed by atoms with Crippen LogP contribution in [-0.4, -0.2) is 52.8 Å². The number of nitro benzene ring substituents is 1. The van der Waals surface area contributed by atoms with Crippen molar-refractivity contribution in [3.8, 4) is 17.2 Å². The minimum atomic E-state index is -4.62. The summed E-state index contributed by atoms with van der Waals surface area (Å²) in [4.78, 5) is 23.1. The van der Waals surface area contributed by atoms with Crippen LogP contribution in [0.5, 0.6) is 17.2 Å². The first-order chi connectivity index (χ1) is 19.2. The number of carbonyl (C=O) groups excluding carboxylic acids is 1. The van der Waals surface area contributed by atoms with E-state index in [-0.39, 0.29) is 11.4 Å². The van der Waals surface area contributed by atoms with Gasteiger partial charge in [-0.3, -0.25) is 19.2 Å². The Kier molecular flexibility index (Phi) is 10.4. The van der Waals surface area contributed by atoms with Crippen LogP contribution in [0.3, 0.4) is 0 Å². The standard InChI is InChI=1S/C27H30N4O8S/c1-4-5-16-39-21-12-10-20(11-13-21)18-28-29-27(32)19-30(23-15-14-22(37-2)17-25(23)38-3)40(35,36)26-9-7-6-8-24(26)31(33)34/h6-15,17-18H,4-5,16,19H2,1-3H3,(H,29,32). The molecule has 0 atom stereocenters. The van der Waals surface area contributed by atoms with Crippen molar-refractivity contribution in [2.75, 3.05) is 31.7 Å². The number of anilines is 1. The number of carbonyl (C=O) groups is 1.